The summed E-state index contributed by atoms with van der Waals surface area (Å²) in [5, 5.41) is 30.1. The van der Waals surface area contributed by atoms with E-state index in [1.165, 1.54) is 12.8 Å². The Hall–Kier alpha value is -4.72. The van der Waals surface area contributed by atoms with Crippen molar-refractivity contribution < 1.29 is 14.6 Å². The van der Waals surface area contributed by atoms with Gasteiger partial charge in [0.15, 0.2) is 0 Å². The average molecular weight is 1010 g/mol. The molecule has 1 aliphatic rings. The van der Waals surface area contributed by atoms with Crippen molar-refractivity contribution >= 4 is 111 Å². The molecule has 0 bridgehead atoms. The predicted octanol–water partition coefficient (Wildman–Crippen LogP) is 15.6. The maximum absolute atomic E-state index is 13.7. The normalized spacial score (nSPS) is 13.4. The molecule has 6 aromatic rings. The van der Waals surface area contributed by atoms with Gasteiger partial charge in [-0.2, -0.15) is 15.3 Å². The van der Waals surface area contributed by atoms with Crippen molar-refractivity contribution in [2.24, 2.45) is 20.5 Å². The van der Waals surface area contributed by atoms with E-state index in [0.29, 0.717) is 27.7 Å². The molecule has 6 aromatic carbocycles. The number of hydrogen-bond acceptors (Lipinski definition) is 7. The van der Waals surface area contributed by atoms with Gasteiger partial charge >= 0.3 is 0 Å². The van der Waals surface area contributed by atoms with Crippen molar-refractivity contribution in [1.82, 2.24) is 0 Å². The van der Waals surface area contributed by atoms with Crippen LogP contribution >= 0.6 is 54.5 Å². The number of nitrogens with zero attached hydrogens (tertiary/aromatic N) is 5. The Bertz CT molecular complexity index is 2450. The summed E-state index contributed by atoms with van der Waals surface area (Å²) in [6, 6.07) is 39.2. The number of carbonyl (C=O) groups excluding carboxylic acids is 1. The SMILES string of the molecule is O=C1C(=Cc2cc(Br)c(O)c(Br)c2)c2cc(I)ccc2N1CCCCCCCCCCOc1ccc2ccccc2c1N=Nc1ccc(N=Nc2ccccc2)cc1. The number of phenolic OH excluding ortho intramolecular Hbond substituents is 1. The summed E-state index contributed by atoms with van der Waals surface area (Å²) in [7, 11) is 0. The van der Waals surface area contributed by atoms with Crippen LogP contribution in [-0.4, -0.2) is 24.2 Å². The zero-order valence-electron chi connectivity index (χ0n) is 31.8. The molecule has 1 amide bonds. The lowest BCUT2D eigenvalue weighted by Gasteiger charge is -2.17. The molecule has 294 valence electrons. The number of amides is 1. The summed E-state index contributed by atoms with van der Waals surface area (Å²) in [4.78, 5) is 15.6. The number of phenols is 1. The molecule has 1 aliphatic heterocycles. The van der Waals surface area contributed by atoms with Gasteiger partial charge in [0.1, 0.15) is 17.2 Å². The van der Waals surface area contributed by atoms with Crippen molar-refractivity contribution in [1.29, 1.82) is 0 Å². The number of rotatable bonds is 17. The van der Waals surface area contributed by atoms with Gasteiger partial charge in [0, 0.05) is 26.6 Å². The molecule has 0 aromatic heterocycles. The number of benzene rings is 6. The Balaban J connectivity index is 0.846. The van der Waals surface area contributed by atoms with E-state index in [4.69, 9.17) is 4.74 Å². The minimum absolute atomic E-state index is 0.0204. The Morgan fingerprint density at radius 1 is 0.655 bits per heavy atom. The van der Waals surface area contributed by atoms with E-state index < -0.39 is 0 Å². The molecule has 0 aliphatic carbocycles. The van der Waals surface area contributed by atoms with Crippen LogP contribution in [0.15, 0.2) is 151 Å². The third-order valence-electron chi connectivity index (χ3n) is 9.91. The fourth-order valence-electron chi connectivity index (χ4n) is 6.90. The number of azo groups is 2. The molecular formula is C47H42Br2IN5O3. The lowest BCUT2D eigenvalue weighted by molar-refractivity contribution is -0.113. The van der Waals surface area contributed by atoms with E-state index in [1.807, 2.05) is 95.9 Å². The minimum atomic E-state index is 0.0204. The van der Waals surface area contributed by atoms with Crippen molar-refractivity contribution in [3.05, 3.63) is 145 Å². The van der Waals surface area contributed by atoms with E-state index in [2.05, 4.69) is 111 Å². The van der Waals surface area contributed by atoms with Gasteiger partial charge < -0.3 is 14.7 Å². The smallest absolute Gasteiger partial charge is 0.258 e. The third-order valence-corrected chi connectivity index (χ3v) is 11.8. The fourth-order valence-corrected chi connectivity index (χ4v) is 8.61. The molecule has 0 unspecified atom stereocenters. The molecule has 8 nitrogen and oxygen atoms in total. The maximum atomic E-state index is 13.7. The second-order valence-electron chi connectivity index (χ2n) is 14.1. The number of fused-ring (bicyclic) bond motifs is 2. The maximum Gasteiger partial charge on any atom is 0.258 e. The number of aromatic hydroxyl groups is 1. The molecule has 0 atom stereocenters. The fraction of sp³-hybridized carbons (Fsp3) is 0.213. The quantitative estimate of drug-likeness (QED) is 0.0426. The minimum Gasteiger partial charge on any atom is -0.506 e. The molecule has 7 rings (SSSR count). The Kier molecular flexibility index (Phi) is 14.5. The second-order valence-corrected chi connectivity index (χ2v) is 17.0. The van der Waals surface area contributed by atoms with Crippen LogP contribution in [0.1, 0.15) is 62.5 Å². The van der Waals surface area contributed by atoms with E-state index in [9.17, 15) is 9.90 Å². The van der Waals surface area contributed by atoms with Crippen LogP contribution in [0.2, 0.25) is 0 Å². The first-order chi connectivity index (χ1) is 28.3. The van der Waals surface area contributed by atoms with Crippen molar-refractivity contribution in [3.8, 4) is 11.5 Å². The van der Waals surface area contributed by atoms with E-state index in [0.717, 1.165) is 98.2 Å². The molecular weight excluding hydrogens is 969 g/mol. The Morgan fingerprint density at radius 3 is 1.97 bits per heavy atom. The molecule has 58 heavy (non-hydrogen) atoms. The van der Waals surface area contributed by atoms with Crippen molar-refractivity contribution in [3.63, 3.8) is 0 Å². The third kappa shape index (κ3) is 10.7. The highest BCUT2D eigenvalue weighted by atomic mass is 127. The van der Waals surface area contributed by atoms with Crippen LogP contribution < -0.4 is 9.64 Å². The number of hydrogen-bond donors (Lipinski definition) is 1. The number of ether oxygens (including phenoxy) is 1. The largest absolute Gasteiger partial charge is 0.506 e. The molecule has 0 spiro atoms. The van der Waals surface area contributed by atoms with Gasteiger partial charge in [-0.25, -0.2) is 0 Å². The monoisotopic (exact) mass is 1010 g/mol. The Morgan fingerprint density at radius 2 is 1.26 bits per heavy atom. The summed E-state index contributed by atoms with van der Waals surface area (Å²) < 4.78 is 8.53. The summed E-state index contributed by atoms with van der Waals surface area (Å²) in [6.45, 7) is 1.30. The molecule has 0 saturated heterocycles. The summed E-state index contributed by atoms with van der Waals surface area (Å²) in [6.07, 6.45) is 10.6. The summed E-state index contributed by atoms with van der Waals surface area (Å²) >= 11 is 9.11. The van der Waals surface area contributed by atoms with E-state index in [1.54, 1.807) is 0 Å². The topological polar surface area (TPSA) is 99.2 Å². The lowest BCUT2D eigenvalue weighted by atomic mass is 10.0. The van der Waals surface area contributed by atoms with Gasteiger partial charge in [-0.1, -0.05) is 87.1 Å². The Labute approximate surface area is 369 Å². The number of carbonyl (C=O) groups is 1. The van der Waals surface area contributed by atoms with Crippen molar-refractivity contribution in [2.45, 2.75) is 51.4 Å². The van der Waals surface area contributed by atoms with Gasteiger partial charge in [0.25, 0.3) is 5.91 Å². The summed E-state index contributed by atoms with van der Waals surface area (Å²) in [5.41, 5.74) is 6.41. The van der Waals surface area contributed by atoms with Gasteiger partial charge in [-0.3, -0.25) is 4.79 Å². The first-order valence-corrected chi connectivity index (χ1v) is 22.2. The van der Waals surface area contributed by atoms with Crippen molar-refractivity contribution in [2.75, 3.05) is 18.1 Å². The van der Waals surface area contributed by atoms with Gasteiger partial charge in [-0.15, -0.1) is 5.11 Å². The molecule has 11 heteroatoms. The molecule has 1 heterocycles. The van der Waals surface area contributed by atoms with Crippen LogP contribution in [0.4, 0.5) is 28.4 Å². The summed E-state index contributed by atoms with van der Waals surface area (Å²) in [5.74, 6) is 0.890. The first kappa shape index (κ1) is 41.4. The van der Waals surface area contributed by atoms with Gasteiger partial charge in [0.2, 0.25) is 0 Å². The van der Waals surface area contributed by atoms with Crippen LogP contribution in [0.5, 0.6) is 11.5 Å². The number of anilines is 1. The highest BCUT2D eigenvalue weighted by molar-refractivity contribution is 14.1. The number of unbranched alkanes of at least 4 members (excludes halogenated alkanes) is 7. The first-order valence-electron chi connectivity index (χ1n) is 19.5. The highest BCUT2D eigenvalue weighted by Crippen LogP contribution is 2.41. The molecule has 0 saturated carbocycles. The molecule has 0 radical (unpaired) electrons. The second kappa shape index (κ2) is 20.3. The molecule has 1 N–H and O–H groups in total. The average Bonchev–Trinajstić information content (AvgIpc) is 3.49. The highest BCUT2D eigenvalue weighted by Gasteiger charge is 2.32. The van der Waals surface area contributed by atoms with Crippen LogP contribution in [0.3, 0.4) is 0 Å². The predicted molar refractivity (Wildman–Crippen MR) is 251 cm³/mol. The lowest BCUT2D eigenvalue weighted by Crippen LogP contribution is -2.27. The van der Waals surface area contributed by atoms with Crippen LogP contribution in [-0.2, 0) is 4.79 Å². The van der Waals surface area contributed by atoms with Gasteiger partial charge in [0.05, 0.1) is 38.3 Å². The molecule has 0 fully saturated rings. The zero-order chi connectivity index (χ0) is 40.3. The van der Waals surface area contributed by atoms with Crippen LogP contribution in [0, 0.1) is 3.57 Å². The van der Waals surface area contributed by atoms with E-state index in [-0.39, 0.29) is 11.7 Å². The van der Waals surface area contributed by atoms with E-state index >= 15 is 0 Å². The standard InChI is InChI=1S/C47H42Br2IN5O3/c48-41-29-32(30-42(49)46(41)56)28-40-39-31-34(50)19-24-43(39)55(47(40)57)26-12-5-3-1-2-4-6-13-27-58-44-25-18-33-14-10-11-17-38(33)45(44)54-53-37-22-20-36(21-23-37)52-51-35-15-8-7-9-16-35/h7-11,14-25,28-31,56H,1-6,12-13,26-27H2. The zero-order valence-corrected chi connectivity index (χ0v) is 37.2. The number of halogens is 3. The van der Waals surface area contributed by atoms with Crippen LogP contribution in [0.25, 0.3) is 22.4 Å². The van der Waals surface area contributed by atoms with Gasteiger partial charge in [-0.05, 0) is 157 Å².